The molecule has 0 amide bonds. The second kappa shape index (κ2) is 10.3. The van der Waals surface area contributed by atoms with Crippen molar-refractivity contribution in [1.82, 2.24) is 9.66 Å². The summed E-state index contributed by atoms with van der Waals surface area (Å²) in [5.41, 5.74) is 1.15. The van der Waals surface area contributed by atoms with E-state index < -0.39 is 0 Å². The van der Waals surface area contributed by atoms with Gasteiger partial charge in [0.15, 0.2) is 11.5 Å². The van der Waals surface area contributed by atoms with E-state index in [-0.39, 0.29) is 11.7 Å². The van der Waals surface area contributed by atoms with Crippen molar-refractivity contribution in [1.29, 1.82) is 0 Å². The van der Waals surface area contributed by atoms with Crippen molar-refractivity contribution in [2.75, 3.05) is 7.11 Å². The lowest BCUT2D eigenvalue weighted by Crippen LogP contribution is -2.22. The van der Waals surface area contributed by atoms with Crippen molar-refractivity contribution in [2.24, 2.45) is 5.10 Å². The molecule has 0 unspecified atom stereocenters. The zero-order valence-electron chi connectivity index (χ0n) is 17.6. The number of methoxy groups -OCH3 is 1. The first kappa shape index (κ1) is 23.9. The second-order valence-corrected chi connectivity index (χ2v) is 9.37. The minimum Gasteiger partial charge on any atom is -0.493 e. The Kier molecular flexibility index (Phi) is 7.93. The van der Waals surface area contributed by atoms with Crippen LogP contribution in [0.4, 0.5) is 0 Å². The van der Waals surface area contributed by atoms with E-state index in [0.29, 0.717) is 34.6 Å². The van der Waals surface area contributed by atoms with Gasteiger partial charge in [-0.15, -0.1) is 0 Å². The van der Waals surface area contributed by atoms with Crippen molar-refractivity contribution in [3.63, 3.8) is 0 Å². The third kappa shape index (κ3) is 5.04. The predicted molar refractivity (Wildman–Crippen MR) is 135 cm³/mol. The van der Waals surface area contributed by atoms with Gasteiger partial charge in [-0.2, -0.15) is 9.78 Å². The molecule has 0 aliphatic rings. The Morgan fingerprint density at radius 1 is 1.19 bits per heavy atom. The molecular weight excluding hydrogens is 594 g/mol. The van der Waals surface area contributed by atoms with Crippen LogP contribution in [0.25, 0.3) is 10.9 Å². The van der Waals surface area contributed by atoms with Crippen LogP contribution in [-0.4, -0.2) is 29.1 Å². The Labute approximate surface area is 206 Å². The van der Waals surface area contributed by atoms with Gasteiger partial charge in [-0.05, 0) is 69.5 Å². The summed E-state index contributed by atoms with van der Waals surface area (Å²) in [6.07, 6.45) is 3.07. The highest BCUT2D eigenvalue weighted by molar-refractivity contribution is 9.13. The van der Waals surface area contributed by atoms with Crippen molar-refractivity contribution >= 4 is 64.9 Å². The fourth-order valence-corrected chi connectivity index (χ4v) is 4.18. The summed E-state index contributed by atoms with van der Waals surface area (Å²) in [4.78, 5) is 17.7. The Hall–Kier alpha value is -1.71. The van der Waals surface area contributed by atoms with E-state index in [9.17, 15) is 4.79 Å². The van der Waals surface area contributed by atoms with Gasteiger partial charge in [0.2, 0.25) is 0 Å². The summed E-state index contributed by atoms with van der Waals surface area (Å²) in [6.45, 7) is 5.99. The van der Waals surface area contributed by atoms with E-state index in [2.05, 4.69) is 64.8 Å². The predicted octanol–water partition coefficient (Wildman–Crippen LogP) is 6.31. The van der Waals surface area contributed by atoms with Crippen LogP contribution >= 0.6 is 47.8 Å². The van der Waals surface area contributed by atoms with Crippen LogP contribution in [0.5, 0.6) is 11.5 Å². The van der Waals surface area contributed by atoms with Crippen LogP contribution in [0.1, 0.15) is 38.6 Å². The molecular formula is C22H22Br3N3O3. The van der Waals surface area contributed by atoms with Crippen molar-refractivity contribution in [3.8, 4) is 11.5 Å². The molecule has 0 saturated carbocycles. The Morgan fingerprint density at radius 2 is 1.94 bits per heavy atom. The van der Waals surface area contributed by atoms with E-state index in [4.69, 9.17) is 9.47 Å². The Balaban J connectivity index is 2.11. The monoisotopic (exact) mass is 613 g/mol. The number of hydrogen-bond acceptors (Lipinski definition) is 5. The summed E-state index contributed by atoms with van der Waals surface area (Å²) >= 11 is 10.6. The molecule has 3 aromatic rings. The molecule has 0 fully saturated rings. The van der Waals surface area contributed by atoms with Gasteiger partial charge in [0.05, 0.1) is 34.8 Å². The Bertz CT molecular complexity index is 1210. The van der Waals surface area contributed by atoms with Crippen LogP contribution in [-0.2, 0) is 6.42 Å². The molecule has 0 spiro atoms. The van der Waals surface area contributed by atoms with Gasteiger partial charge >= 0.3 is 0 Å². The number of fused-ring (bicyclic) bond motifs is 1. The third-order valence-electron chi connectivity index (χ3n) is 4.77. The molecule has 0 bridgehead atoms. The van der Waals surface area contributed by atoms with Crippen molar-refractivity contribution in [3.05, 3.63) is 59.4 Å². The van der Waals surface area contributed by atoms with Gasteiger partial charge in [-0.1, -0.05) is 29.8 Å². The maximum atomic E-state index is 13.1. The van der Waals surface area contributed by atoms with E-state index >= 15 is 0 Å². The summed E-state index contributed by atoms with van der Waals surface area (Å²) in [5, 5.41) is 4.96. The first-order chi connectivity index (χ1) is 14.8. The summed E-state index contributed by atoms with van der Waals surface area (Å²) in [5.74, 6) is 1.76. The standard InChI is InChI=1S/C22H22Br3N3O3/c1-5-12(3)31-21-17(30-4)9-13(19(24)20(21)25)11-26-28-18(6-2)27-16-8-7-14(23)10-15(16)22(28)29/h7-12H,5-6H2,1-4H3/t12-/m0/s1. The average Bonchev–Trinajstić information content (AvgIpc) is 2.77. The van der Waals surface area contributed by atoms with E-state index in [1.807, 2.05) is 32.0 Å². The zero-order valence-corrected chi connectivity index (χ0v) is 22.3. The fourth-order valence-electron chi connectivity index (χ4n) is 2.91. The maximum Gasteiger partial charge on any atom is 0.282 e. The molecule has 1 atom stereocenters. The molecule has 0 aliphatic carbocycles. The van der Waals surface area contributed by atoms with Gasteiger partial charge < -0.3 is 9.47 Å². The molecule has 2 aromatic carbocycles. The number of ether oxygens (including phenoxy) is 2. The topological polar surface area (TPSA) is 65.7 Å². The molecule has 6 nitrogen and oxygen atoms in total. The molecule has 0 radical (unpaired) electrons. The molecule has 3 rings (SSSR count). The molecule has 0 saturated heterocycles. The smallest absolute Gasteiger partial charge is 0.282 e. The fraction of sp³-hybridized carbons (Fsp3) is 0.318. The van der Waals surface area contributed by atoms with E-state index in [1.165, 1.54) is 4.68 Å². The highest BCUT2D eigenvalue weighted by atomic mass is 79.9. The molecule has 9 heteroatoms. The second-order valence-electron chi connectivity index (χ2n) is 6.87. The van der Waals surface area contributed by atoms with Gasteiger partial charge in [-0.3, -0.25) is 4.79 Å². The molecule has 31 heavy (non-hydrogen) atoms. The van der Waals surface area contributed by atoms with E-state index in [1.54, 1.807) is 19.4 Å². The SMILES string of the molecule is CCc1nc2ccc(Br)cc2c(=O)n1N=Cc1cc(OC)c(O[C@@H](C)CC)c(Br)c1Br. The molecule has 1 heterocycles. The first-order valence-corrected chi connectivity index (χ1v) is 12.2. The normalized spacial score (nSPS) is 12.5. The largest absolute Gasteiger partial charge is 0.493 e. The highest BCUT2D eigenvalue weighted by Gasteiger charge is 2.18. The van der Waals surface area contributed by atoms with Crippen LogP contribution in [0.2, 0.25) is 0 Å². The third-order valence-corrected chi connectivity index (χ3v) is 7.41. The van der Waals surface area contributed by atoms with Gasteiger partial charge in [0.1, 0.15) is 5.82 Å². The first-order valence-electron chi connectivity index (χ1n) is 9.78. The summed E-state index contributed by atoms with van der Waals surface area (Å²) < 4.78 is 15.2. The van der Waals surface area contributed by atoms with Crippen LogP contribution < -0.4 is 15.0 Å². The Morgan fingerprint density at radius 3 is 2.58 bits per heavy atom. The van der Waals surface area contributed by atoms with Crippen LogP contribution in [0.15, 0.2) is 47.6 Å². The summed E-state index contributed by atoms with van der Waals surface area (Å²) in [7, 11) is 1.59. The van der Waals surface area contributed by atoms with Crippen LogP contribution in [0.3, 0.4) is 0 Å². The van der Waals surface area contributed by atoms with Gasteiger partial charge in [0, 0.05) is 20.9 Å². The number of aromatic nitrogens is 2. The van der Waals surface area contributed by atoms with Crippen molar-refractivity contribution < 1.29 is 9.47 Å². The lowest BCUT2D eigenvalue weighted by molar-refractivity contribution is 0.206. The number of nitrogens with zero attached hydrogens (tertiary/aromatic N) is 3. The number of aryl methyl sites for hydroxylation is 1. The lowest BCUT2D eigenvalue weighted by atomic mass is 10.2. The minimum absolute atomic E-state index is 0.0327. The number of hydrogen-bond donors (Lipinski definition) is 0. The number of benzene rings is 2. The number of halogens is 3. The van der Waals surface area contributed by atoms with Crippen LogP contribution in [0, 0.1) is 0 Å². The van der Waals surface area contributed by atoms with Crippen molar-refractivity contribution in [2.45, 2.75) is 39.7 Å². The quantitative estimate of drug-likeness (QED) is 0.292. The molecule has 0 N–H and O–H groups in total. The molecule has 164 valence electrons. The zero-order chi connectivity index (χ0) is 22.7. The molecule has 1 aromatic heterocycles. The summed E-state index contributed by atoms with van der Waals surface area (Å²) in [6, 6.07) is 7.26. The van der Waals surface area contributed by atoms with Gasteiger partial charge in [-0.25, -0.2) is 4.98 Å². The number of rotatable bonds is 7. The average molecular weight is 616 g/mol. The van der Waals surface area contributed by atoms with E-state index in [0.717, 1.165) is 25.4 Å². The highest BCUT2D eigenvalue weighted by Crippen LogP contribution is 2.43. The van der Waals surface area contributed by atoms with Gasteiger partial charge in [0.25, 0.3) is 5.56 Å². The molecule has 0 aliphatic heterocycles. The lowest BCUT2D eigenvalue weighted by Gasteiger charge is -2.18. The maximum absolute atomic E-state index is 13.1. The minimum atomic E-state index is -0.224.